The SMILES string of the molecule is [C-]#[N+]c1ccc2c(c1)c1ccccc1n2-c1c(C)cccc1-c1ccc(C#N)c(-n2c3ccccc3c3ccccc32)c1. The predicted molar refractivity (Wildman–Crippen MR) is 176 cm³/mol. The van der Waals surface area contributed by atoms with Crippen LogP contribution in [0.1, 0.15) is 11.1 Å². The number of hydrogen-bond acceptors (Lipinski definition) is 1. The molecule has 0 saturated heterocycles. The van der Waals surface area contributed by atoms with Crippen molar-refractivity contribution in [3.8, 4) is 28.6 Å². The first-order valence-electron chi connectivity index (χ1n) is 14.2. The fraction of sp³-hybridized carbons (Fsp3) is 0.0256. The Morgan fingerprint density at radius 3 is 1.86 bits per heavy atom. The first kappa shape index (κ1) is 24.7. The molecule has 0 amide bonds. The molecule has 43 heavy (non-hydrogen) atoms. The van der Waals surface area contributed by atoms with E-state index in [0.717, 1.165) is 71.7 Å². The van der Waals surface area contributed by atoms with Crippen LogP contribution in [-0.2, 0) is 0 Å². The highest BCUT2D eigenvalue weighted by Crippen LogP contribution is 2.40. The van der Waals surface area contributed by atoms with E-state index in [1.54, 1.807) is 0 Å². The highest BCUT2D eigenvalue weighted by Gasteiger charge is 2.20. The van der Waals surface area contributed by atoms with Gasteiger partial charge in [-0.15, -0.1) is 0 Å². The maximum atomic E-state index is 10.3. The molecule has 0 atom stereocenters. The zero-order valence-corrected chi connectivity index (χ0v) is 23.4. The van der Waals surface area contributed by atoms with E-state index >= 15 is 0 Å². The number of aryl methyl sites for hydroxylation is 1. The molecule has 0 bridgehead atoms. The summed E-state index contributed by atoms with van der Waals surface area (Å²) in [5, 5.41) is 14.8. The lowest BCUT2D eigenvalue weighted by molar-refractivity contribution is 1.15. The maximum Gasteiger partial charge on any atom is 0.188 e. The van der Waals surface area contributed by atoms with E-state index in [-0.39, 0.29) is 0 Å². The first-order valence-corrected chi connectivity index (χ1v) is 14.2. The molecule has 0 aliphatic rings. The number of aromatic nitrogens is 2. The Balaban J connectivity index is 1.44. The molecule has 8 rings (SSSR count). The van der Waals surface area contributed by atoms with Crippen LogP contribution >= 0.6 is 0 Å². The van der Waals surface area contributed by atoms with Gasteiger partial charge in [-0.2, -0.15) is 5.26 Å². The van der Waals surface area contributed by atoms with Gasteiger partial charge < -0.3 is 9.13 Å². The van der Waals surface area contributed by atoms with Gasteiger partial charge in [-0.05, 0) is 65.9 Å². The fourth-order valence-corrected chi connectivity index (χ4v) is 6.62. The van der Waals surface area contributed by atoms with Gasteiger partial charge >= 0.3 is 0 Å². The average molecular weight is 549 g/mol. The van der Waals surface area contributed by atoms with Crippen molar-refractivity contribution in [2.45, 2.75) is 6.92 Å². The zero-order valence-electron chi connectivity index (χ0n) is 23.4. The molecule has 8 aromatic rings. The molecule has 0 saturated carbocycles. The molecule has 4 nitrogen and oxygen atoms in total. The van der Waals surface area contributed by atoms with Crippen molar-refractivity contribution in [1.29, 1.82) is 5.26 Å². The Morgan fingerprint density at radius 2 is 1.21 bits per heavy atom. The van der Waals surface area contributed by atoms with E-state index in [1.165, 1.54) is 0 Å². The molecule has 0 aliphatic heterocycles. The molecule has 0 spiro atoms. The Kier molecular flexibility index (Phi) is 5.44. The minimum Gasteiger partial charge on any atom is -0.308 e. The van der Waals surface area contributed by atoms with Crippen LogP contribution in [0.3, 0.4) is 0 Å². The van der Waals surface area contributed by atoms with Gasteiger partial charge in [-0.1, -0.05) is 84.9 Å². The third kappa shape index (κ3) is 3.61. The average Bonchev–Trinajstić information content (AvgIpc) is 3.57. The van der Waals surface area contributed by atoms with Crippen molar-refractivity contribution < 1.29 is 0 Å². The number of nitrogens with zero attached hydrogens (tertiary/aromatic N) is 4. The molecule has 200 valence electrons. The second-order valence-electron chi connectivity index (χ2n) is 10.9. The summed E-state index contributed by atoms with van der Waals surface area (Å²) in [6, 6.07) is 46.1. The summed E-state index contributed by atoms with van der Waals surface area (Å²) in [5.74, 6) is 0. The van der Waals surface area contributed by atoms with E-state index in [4.69, 9.17) is 6.57 Å². The molecule has 2 heterocycles. The van der Waals surface area contributed by atoms with Crippen LogP contribution in [0, 0.1) is 24.8 Å². The lowest BCUT2D eigenvalue weighted by Gasteiger charge is -2.18. The predicted octanol–water partition coefficient (Wildman–Crippen LogP) is 10.3. The summed E-state index contributed by atoms with van der Waals surface area (Å²) in [5.41, 5.74) is 10.7. The Hall–Kier alpha value is -6.10. The van der Waals surface area contributed by atoms with E-state index in [2.05, 4.69) is 118 Å². The molecular weight excluding hydrogens is 524 g/mol. The van der Waals surface area contributed by atoms with Gasteiger partial charge in [0.1, 0.15) is 6.07 Å². The number of para-hydroxylation sites is 4. The molecule has 0 fully saturated rings. The van der Waals surface area contributed by atoms with Gasteiger partial charge in [0.25, 0.3) is 0 Å². The topological polar surface area (TPSA) is 38.0 Å². The summed E-state index contributed by atoms with van der Waals surface area (Å²) in [6.07, 6.45) is 0. The van der Waals surface area contributed by atoms with Crippen LogP contribution in [-0.4, -0.2) is 9.13 Å². The Morgan fingerprint density at radius 1 is 0.605 bits per heavy atom. The van der Waals surface area contributed by atoms with Gasteiger partial charge in [-0.25, -0.2) is 4.85 Å². The van der Waals surface area contributed by atoms with E-state index in [1.807, 2.05) is 36.4 Å². The van der Waals surface area contributed by atoms with Crippen molar-refractivity contribution in [1.82, 2.24) is 9.13 Å². The third-order valence-corrected chi connectivity index (χ3v) is 8.50. The second-order valence-corrected chi connectivity index (χ2v) is 10.9. The van der Waals surface area contributed by atoms with Gasteiger partial charge in [-0.3, -0.25) is 0 Å². The van der Waals surface area contributed by atoms with Gasteiger partial charge in [0.15, 0.2) is 5.69 Å². The maximum absolute atomic E-state index is 10.3. The number of fused-ring (bicyclic) bond motifs is 6. The lowest BCUT2D eigenvalue weighted by Crippen LogP contribution is -2.02. The summed E-state index contributed by atoms with van der Waals surface area (Å²) in [7, 11) is 0. The largest absolute Gasteiger partial charge is 0.308 e. The summed E-state index contributed by atoms with van der Waals surface area (Å²) in [4.78, 5) is 3.70. The molecule has 0 unspecified atom stereocenters. The second kappa shape index (κ2) is 9.48. The molecule has 6 aromatic carbocycles. The highest BCUT2D eigenvalue weighted by atomic mass is 15.0. The minimum absolute atomic E-state index is 0.619. The summed E-state index contributed by atoms with van der Waals surface area (Å²) < 4.78 is 4.54. The summed E-state index contributed by atoms with van der Waals surface area (Å²) in [6.45, 7) is 9.73. The standard InChI is InChI=1S/C39H24N4/c1-25-10-9-14-29(39(25)43-36-17-8-5-13-32(36)33-23-28(41-2)20-21-37(33)43)26-18-19-27(24-40)38(22-26)42-34-15-6-3-11-30(34)31-12-4-7-16-35(31)42/h3-23H,1H3. The van der Waals surface area contributed by atoms with Crippen molar-refractivity contribution in [3.63, 3.8) is 0 Å². The van der Waals surface area contributed by atoms with Crippen LogP contribution < -0.4 is 0 Å². The quantitative estimate of drug-likeness (QED) is 0.202. The molecule has 2 aromatic heterocycles. The number of hydrogen-bond donors (Lipinski definition) is 0. The van der Waals surface area contributed by atoms with Crippen LogP contribution in [0.5, 0.6) is 0 Å². The van der Waals surface area contributed by atoms with E-state index in [9.17, 15) is 5.26 Å². The Bertz CT molecular complexity index is 2440. The number of rotatable bonds is 3. The summed E-state index contributed by atoms with van der Waals surface area (Å²) >= 11 is 0. The van der Waals surface area contributed by atoms with Crippen LogP contribution in [0.15, 0.2) is 127 Å². The molecule has 0 radical (unpaired) electrons. The molecule has 0 aliphatic carbocycles. The third-order valence-electron chi connectivity index (χ3n) is 8.50. The van der Waals surface area contributed by atoms with Gasteiger partial charge in [0, 0.05) is 21.7 Å². The van der Waals surface area contributed by atoms with Crippen molar-refractivity contribution in [2.75, 3.05) is 0 Å². The van der Waals surface area contributed by atoms with E-state index in [0.29, 0.717) is 11.3 Å². The lowest BCUT2D eigenvalue weighted by atomic mass is 9.98. The highest BCUT2D eigenvalue weighted by molar-refractivity contribution is 6.11. The molecule has 0 N–H and O–H groups in total. The van der Waals surface area contributed by atoms with Crippen molar-refractivity contribution in [2.24, 2.45) is 0 Å². The van der Waals surface area contributed by atoms with Gasteiger partial charge in [0.2, 0.25) is 0 Å². The molecule has 4 heteroatoms. The number of benzene rings is 6. The van der Waals surface area contributed by atoms with Gasteiger partial charge in [0.05, 0.1) is 45.6 Å². The van der Waals surface area contributed by atoms with Crippen LogP contribution in [0.2, 0.25) is 0 Å². The molecular formula is C39H24N4. The normalized spacial score (nSPS) is 11.3. The Labute approximate surface area is 248 Å². The van der Waals surface area contributed by atoms with Crippen LogP contribution in [0.4, 0.5) is 5.69 Å². The fourth-order valence-electron chi connectivity index (χ4n) is 6.62. The monoisotopic (exact) mass is 548 g/mol. The zero-order chi connectivity index (χ0) is 29.1. The minimum atomic E-state index is 0.619. The van der Waals surface area contributed by atoms with Crippen LogP contribution in [0.25, 0.3) is 71.0 Å². The van der Waals surface area contributed by atoms with Crippen molar-refractivity contribution in [3.05, 3.63) is 150 Å². The van der Waals surface area contributed by atoms with Crippen molar-refractivity contribution >= 4 is 49.3 Å². The first-order chi connectivity index (χ1) is 21.2. The number of nitriles is 1. The van der Waals surface area contributed by atoms with E-state index < -0.39 is 0 Å². The smallest absolute Gasteiger partial charge is 0.188 e.